The zero-order valence-electron chi connectivity index (χ0n) is 11.4. The van der Waals surface area contributed by atoms with E-state index in [1.165, 1.54) is 0 Å². The Hall–Kier alpha value is -1.75. The highest BCUT2D eigenvalue weighted by molar-refractivity contribution is 5.73. The van der Waals surface area contributed by atoms with Crippen molar-refractivity contribution < 1.29 is 19.4 Å². The highest BCUT2D eigenvalue weighted by Gasteiger charge is 2.38. The number of likely N-dealkylation sites (N-methyl/N-ethyl adjacent to an activating group) is 1. The fourth-order valence-corrected chi connectivity index (χ4v) is 2.77. The molecule has 1 saturated heterocycles. The molecule has 5 nitrogen and oxygen atoms in total. The Morgan fingerprint density at radius 1 is 1.32 bits per heavy atom. The number of rotatable bonds is 4. The first kappa shape index (κ1) is 13.7. The molecule has 1 fully saturated rings. The van der Waals surface area contributed by atoms with Gasteiger partial charge in [0.15, 0.2) is 11.5 Å². The maximum absolute atomic E-state index is 11.4. The summed E-state index contributed by atoms with van der Waals surface area (Å²) in [5.74, 6) is 0.0213. The fourth-order valence-electron chi connectivity index (χ4n) is 2.77. The molecule has 1 heterocycles. The van der Waals surface area contributed by atoms with E-state index in [2.05, 4.69) is 0 Å². The van der Waals surface area contributed by atoms with Crippen LogP contribution in [-0.2, 0) is 4.79 Å². The number of likely N-dealkylation sites (tertiary alicyclic amines) is 1. The minimum Gasteiger partial charge on any atom is -0.493 e. The molecule has 19 heavy (non-hydrogen) atoms. The molecule has 0 unspecified atom stereocenters. The van der Waals surface area contributed by atoms with Crippen LogP contribution in [0.4, 0.5) is 0 Å². The summed E-state index contributed by atoms with van der Waals surface area (Å²) in [5.41, 5.74) is 0.901. The van der Waals surface area contributed by atoms with Crippen LogP contribution >= 0.6 is 0 Å². The minimum atomic E-state index is -0.765. The van der Waals surface area contributed by atoms with Crippen molar-refractivity contribution >= 4 is 5.97 Å². The quantitative estimate of drug-likeness (QED) is 0.892. The summed E-state index contributed by atoms with van der Waals surface area (Å²) in [5, 5.41) is 9.35. The van der Waals surface area contributed by atoms with Gasteiger partial charge >= 0.3 is 5.97 Å². The molecule has 1 aromatic rings. The van der Waals surface area contributed by atoms with Crippen molar-refractivity contribution in [1.29, 1.82) is 0 Å². The molecule has 1 N–H and O–H groups in total. The molecule has 2 atom stereocenters. The van der Waals surface area contributed by atoms with Crippen molar-refractivity contribution in [2.45, 2.75) is 5.92 Å². The van der Waals surface area contributed by atoms with Crippen LogP contribution in [0.25, 0.3) is 0 Å². The van der Waals surface area contributed by atoms with E-state index in [9.17, 15) is 9.90 Å². The van der Waals surface area contributed by atoms with Crippen molar-refractivity contribution in [2.75, 3.05) is 34.4 Å². The third kappa shape index (κ3) is 2.51. The number of nitrogens with zero attached hydrogens (tertiary/aromatic N) is 1. The number of carbonyl (C=O) groups is 1. The summed E-state index contributed by atoms with van der Waals surface area (Å²) >= 11 is 0. The summed E-state index contributed by atoms with van der Waals surface area (Å²) in [6, 6.07) is 5.60. The summed E-state index contributed by atoms with van der Waals surface area (Å²) in [6.07, 6.45) is 0. The Morgan fingerprint density at radius 2 is 2.05 bits per heavy atom. The van der Waals surface area contributed by atoms with Crippen LogP contribution in [0.2, 0.25) is 0 Å². The van der Waals surface area contributed by atoms with E-state index in [0.29, 0.717) is 24.6 Å². The minimum absolute atomic E-state index is 0.0763. The second-order valence-electron chi connectivity index (χ2n) is 4.86. The lowest BCUT2D eigenvalue weighted by molar-refractivity contribution is -0.141. The van der Waals surface area contributed by atoms with Crippen molar-refractivity contribution in [2.24, 2.45) is 5.92 Å². The second kappa shape index (κ2) is 5.48. The van der Waals surface area contributed by atoms with Crippen LogP contribution < -0.4 is 9.47 Å². The van der Waals surface area contributed by atoms with Crippen LogP contribution in [0, 0.1) is 5.92 Å². The predicted molar refractivity (Wildman–Crippen MR) is 70.9 cm³/mol. The predicted octanol–water partition coefficient (Wildman–Crippen LogP) is 1.43. The number of para-hydroxylation sites is 1. The molecule has 0 amide bonds. The fraction of sp³-hybridized carbons (Fsp3) is 0.500. The smallest absolute Gasteiger partial charge is 0.308 e. The Labute approximate surface area is 112 Å². The summed E-state index contributed by atoms with van der Waals surface area (Å²) in [7, 11) is 5.09. The number of carboxylic acid groups (broad SMARTS) is 1. The highest BCUT2D eigenvalue weighted by atomic mass is 16.5. The van der Waals surface area contributed by atoms with Gasteiger partial charge in [0, 0.05) is 24.6 Å². The Kier molecular flexibility index (Phi) is 3.95. The molecule has 0 saturated carbocycles. The molecule has 0 aromatic heterocycles. The van der Waals surface area contributed by atoms with E-state index in [4.69, 9.17) is 9.47 Å². The van der Waals surface area contributed by atoms with Gasteiger partial charge in [-0.3, -0.25) is 4.79 Å². The van der Waals surface area contributed by atoms with Gasteiger partial charge in [-0.1, -0.05) is 12.1 Å². The third-order valence-electron chi connectivity index (χ3n) is 3.65. The zero-order valence-corrected chi connectivity index (χ0v) is 11.4. The van der Waals surface area contributed by atoms with E-state index in [0.717, 1.165) is 5.56 Å². The van der Waals surface area contributed by atoms with E-state index in [1.807, 2.05) is 30.1 Å². The lowest BCUT2D eigenvalue weighted by atomic mass is 9.88. The Bertz CT molecular complexity index is 475. The van der Waals surface area contributed by atoms with E-state index >= 15 is 0 Å². The molecule has 1 aliphatic rings. The zero-order chi connectivity index (χ0) is 14.0. The Balaban J connectivity index is 2.43. The molecule has 1 aliphatic heterocycles. The van der Waals surface area contributed by atoms with Gasteiger partial charge < -0.3 is 19.5 Å². The van der Waals surface area contributed by atoms with Crippen LogP contribution in [0.1, 0.15) is 11.5 Å². The SMILES string of the molecule is COc1cccc([C@H]2CN(C)C[C@H]2C(=O)O)c1OC. The van der Waals surface area contributed by atoms with Gasteiger partial charge in [-0.2, -0.15) is 0 Å². The monoisotopic (exact) mass is 265 g/mol. The topological polar surface area (TPSA) is 59.0 Å². The molecule has 0 aliphatic carbocycles. The van der Waals surface area contributed by atoms with Gasteiger partial charge in [0.05, 0.1) is 20.1 Å². The van der Waals surface area contributed by atoms with Gasteiger partial charge in [0.2, 0.25) is 0 Å². The molecule has 104 valence electrons. The Morgan fingerprint density at radius 3 is 2.63 bits per heavy atom. The van der Waals surface area contributed by atoms with Crippen LogP contribution in [0.15, 0.2) is 18.2 Å². The van der Waals surface area contributed by atoms with E-state index in [-0.39, 0.29) is 5.92 Å². The van der Waals surface area contributed by atoms with Crippen molar-refractivity contribution in [3.05, 3.63) is 23.8 Å². The van der Waals surface area contributed by atoms with E-state index in [1.54, 1.807) is 14.2 Å². The average molecular weight is 265 g/mol. The van der Waals surface area contributed by atoms with Gasteiger partial charge in [0.1, 0.15) is 0 Å². The third-order valence-corrected chi connectivity index (χ3v) is 3.65. The first-order valence-electron chi connectivity index (χ1n) is 6.20. The van der Waals surface area contributed by atoms with E-state index < -0.39 is 11.9 Å². The molecule has 0 spiro atoms. The normalized spacial score (nSPS) is 23.3. The second-order valence-corrected chi connectivity index (χ2v) is 4.86. The summed E-state index contributed by atoms with van der Waals surface area (Å²) < 4.78 is 10.7. The molecular weight excluding hydrogens is 246 g/mol. The maximum Gasteiger partial charge on any atom is 0.308 e. The number of carboxylic acids is 1. The standard InChI is InChI=1S/C14H19NO4/c1-15-7-10(11(8-15)14(16)17)9-5-4-6-12(18-2)13(9)19-3/h4-6,10-11H,7-8H2,1-3H3,(H,16,17)/t10-,11-/m1/s1. The van der Waals surface area contributed by atoms with Crippen LogP contribution in [0.3, 0.4) is 0 Å². The number of aliphatic carboxylic acids is 1. The number of ether oxygens (including phenoxy) is 2. The summed E-state index contributed by atoms with van der Waals surface area (Å²) in [6.45, 7) is 1.26. The molecular formula is C14H19NO4. The lowest BCUT2D eigenvalue weighted by Gasteiger charge is -2.19. The molecule has 2 rings (SSSR count). The summed E-state index contributed by atoms with van der Waals surface area (Å²) in [4.78, 5) is 13.4. The van der Waals surface area contributed by atoms with Gasteiger partial charge in [-0.15, -0.1) is 0 Å². The molecule has 0 bridgehead atoms. The number of methoxy groups -OCH3 is 2. The van der Waals surface area contributed by atoms with Crippen LogP contribution in [0.5, 0.6) is 11.5 Å². The number of hydrogen-bond donors (Lipinski definition) is 1. The average Bonchev–Trinajstić information content (AvgIpc) is 2.79. The first-order valence-corrected chi connectivity index (χ1v) is 6.20. The van der Waals surface area contributed by atoms with Gasteiger partial charge in [0.25, 0.3) is 0 Å². The van der Waals surface area contributed by atoms with Gasteiger partial charge in [-0.05, 0) is 13.1 Å². The molecule has 5 heteroatoms. The number of hydrogen-bond acceptors (Lipinski definition) is 4. The largest absolute Gasteiger partial charge is 0.493 e. The number of benzene rings is 1. The van der Waals surface area contributed by atoms with Crippen molar-refractivity contribution in [3.8, 4) is 11.5 Å². The van der Waals surface area contributed by atoms with Crippen molar-refractivity contribution in [1.82, 2.24) is 4.90 Å². The van der Waals surface area contributed by atoms with Crippen LogP contribution in [-0.4, -0.2) is 50.3 Å². The lowest BCUT2D eigenvalue weighted by Crippen LogP contribution is -2.21. The molecule has 0 radical (unpaired) electrons. The maximum atomic E-state index is 11.4. The molecule has 1 aromatic carbocycles. The first-order chi connectivity index (χ1) is 9.08. The highest BCUT2D eigenvalue weighted by Crippen LogP contribution is 2.41. The van der Waals surface area contributed by atoms with Crippen molar-refractivity contribution in [3.63, 3.8) is 0 Å². The van der Waals surface area contributed by atoms with Gasteiger partial charge in [-0.25, -0.2) is 0 Å².